The first-order valence-electron chi connectivity index (χ1n) is 14.0. The van der Waals surface area contributed by atoms with Gasteiger partial charge in [-0.15, -0.1) is 10.2 Å². The number of aromatic nitrogens is 8. The first kappa shape index (κ1) is 37.6. The van der Waals surface area contributed by atoms with E-state index in [2.05, 4.69) is 70.8 Å². The Morgan fingerprint density at radius 2 is 1.29 bits per heavy atom. The number of tetrazole rings is 1. The highest BCUT2D eigenvalue weighted by molar-refractivity contribution is 5.81. The molecular formula is C31H49N11. The van der Waals surface area contributed by atoms with Crippen LogP contribution in [0.1, 0.15) is 76.6 Å². The summed E-state index contributed by atoms with van der Waals surface area (Å²) in [5.41, 5.74) is 7.62. The SMILES string of the molecule is CC.CC1=CC=C(C)N=CC1.CC1=CNC(C)=NC1.Cc1ccc(C)nn1.Cc1cnc(C)cn1.Cc1nnn(C)n1. The molecule has 0 aliphatic carbocycles. The Kier molecular flexibility index (Phi) is 20.0. The zero-order valence-corrected chi connectivity index (χ0v) is 27.5. The molecule has 1 N–H and O–H groups in total. The quantitative estimate of drug-likeness (QED) is 0.348. The molecular weight excluding hydrogens is 526 g/mol. The summed E-state index contributed by atoms with van der Waals surface area (Å²) in [5.74, 6) is 1.72. The third kappa shape index (κ3) is 20.5. The van der Waals surface area contributed by atoms with Crippen LogP contribution in [0.3, 0.4) is 0 Å². The smallest absolute Gasteiger partial charge is 0.171 e. The fraction of sp³-hybridized carbons (Fsp3) is 0.452. The van der Waals surface area contributed by atoms with Crippen LogP contribution in [-0.4, -0.2) is 59.0 Å². The van der Waals surface area contributed by atoms with Gasteiger partial charge < -0.3 is 5.32 Å². The summed E-state index contributed by atoms with van der Waals surface area (Å²) in [5, 5.41) is 21.7. The number of amidine groups is 1. The van der Waals surface area contributed by atoms with Crippen molar-refractivity contribution in [1.29, 1.82) is 0 Å². The van der Waals surface area contributed by atoms with Gasteiger partial charge in [0.15, 0.2) is 5.82 Å². The minimum atomic E-state index is 0.711. The number of allylic oxidation sites excluding steroid dienone is 4. The number of nitrogens with one attached hydrogen (secondary N) is 1. The third-order valence-electron chi connectivity index (χ3n) is 4.86. The summed E-state index contributed by atoms with van der Waals surface area (Å²) in [6.07, 6.45) is 12.6. The molecule has 2 aliphatic heterocycles. The third-order valence-corrected chi connectivity index (χ3v) is 4.86. The van der Waals surface area contributed by atoms with Crippen LogP contribution < -0.4 is 5.32 Å². The molecule has 0 saturated carbocycles. The molecule has 2 aliphatic rings. The normalized spacial score (nSPS) is 12.8. The summed E-state index contributed by atoms with van der Waals surface area (Å²) in [6.45, 7) is 22.5. The van der Waals surface area contributed by atoms with Gasteiger partial charge in [-0.3, -0.25) is 20.0 Å². The Balaban J connectivity index is 0.000000493. The first-order chi connectivity index (χ1) is 19.9. The van der Waals surface area contributed by atoms with Crippen molar-refractivity contribution in [3.8, 4) is 0 Å². The lowest BCUT2D eigenvalue weighted by Crippen LogP contribution is -2.18. The van der Waals surface area contributed by atoms with Crippen LogP contribution in [0.15, 0.2) is 69.7 Å². The molecule has 0 bridgehead atoms. The van der Waals surface area contributed by atoms with Gasteiger partial charge in [0.05, 0.1) is 42.2 Å². The number of nitrogens with zero attached hydrogens (tertiary/aromatic N) is 10. The van der Waals surface area contributed by atoms with Crippen molar-refractivity contribution in [2.45, 2.75) is 82.6 Å². The van der Waals surface area contributed by atoms with Crippen LogP contribution >= 0.6 is 0 Å². The topological polar surface area (TPSA) is 132 Å². The second-order valence-electron chi connectivity index (χ2n) is 9.31. The average molecular weight is 576 g/mol. The molecule has 0 spiro atoms. The van der Waals surface area contributed by atoms with Crippen molar-refractivity contribution in [3.63, 3.8) is 0 Å². The van der Waals surface area contributed by atoms with Crippen LogP contribution in [0, 0.1) is 34.6 Å². The Hall–Kier alpha value is -4.41. The highest BCUT2D eigenvalue weighted by Crippen LogP contribution is 2.05. The van der Waals surface area contributed by atoms with E-state index in [9.17, 15) is 0 Å². The van der Waals surface area contributed by atoms with Gasteiger partial charge in [-0.2, -0.15) is 15.0 Å². The van der Waals surface area contributed by atoms with E-state index in [0.717, 1.165) is 47.3 Å². The van der Waals surface area contributed by atoms with E-state index in [0.29, 0.717) is 5.82 Å². The molecule has 5 heterocycles. The maximum Gasteiger partial charge on any atom is 0.171 e. The molecule has 0 atom stereocenters. The van der Waals surface area contributed by atoms with Crippen molar-refractivity contribution in [3.05, 3.63) is 88.3 Å². The van der Waals surface area contributed by atoms with Crippen molar-refractivity contribution in [2.75, 3.05) is 6.54 Å². The molecule has 0 amide bonds. The Bertz CT molecular complexity index is 1180. The summed E-state index contributed by atoms with van der Waals surface area (Å²) >= 11 is 0. The van der Waals surface area contributed by atoms with E-state index in [1.807, 2.05) is 86.0 Å². The second-order valence-corrected chi connectivity index (χ2v) is 9.31. The van der Waals surface area contributed by atoms with E-state index >= 15 is 0 Å². The molecule has 0 saturated heterocycles. The minimum Gasteiger partial charge on any atom is -0.351 e. The van der Waals surface area contributed by atoms with Crippen LogP contribution in [0.2, 0.25) is 0 Å². The lowest BCUT2D eigenvalue weighted by atomic mass is 10.2. The Labute approximate surface area is 252 Å². The van der Waals surface area contributed by atoms with Crippen LogP contribution in [0.25, 0.3) is 0 Å². The highest BCUT2D eigenvalue weighted by atomic mass is 15.6. The summed E-state index contributed by atoms with van der Waals surface area (Å²) in [6, 6.07) is 3.89. The van der Waals surface area contributed by atoms with E-state index in [1.165, 1.54) is 15.9 Å². The van der Waals surface area contributed by atoms with Crippen LogP contribution in [0.5, 0.6) is 0 Å². The zero-order chi connectivity index (χ0) is 31.9. The number of hydrogen-bond acceptors (Lipinski definition) is 10. The molecule has 0 unspecified atom stereocenters. The molecule has 0 aromatic carbocycles. The molecule has 5 rings (SSSR count). The molecule has 42 heavy (non-hydrogen) atoms. The van der Waals surface area contributed by atoms with E-state index in [-0.39, 0.29) is 0 Å². The predicted octanol–water partition coefficient (Wildman–Crippen LogP) is 5.95. The number of hydrogen-bond donors (Lipinski definition) is 1. The molecule has 228 valence electrons. The molecule has 11 heteroatoms. The van der Waals surface area contributed by atoms with Gasteiger partial charge in [-0.25, -0.2) is 0 Å². The number of rotatable bonds is 0. The van der Waals surface area contributed by atoms with Crippen LogP contribution in [-0.2, 0) is 7.05 Å². The van der Waals surface area contributed by atoms with Crippen molar-refractivity contribution >= 4 is 12.1 Å². The van der Waals surface area contributed by atoms with E-state index in [4.69, 9.17) is 0 Å². The number of aryl methyl sites for hydroxylation is 6. The molecule has 3 aromatic rings. The second kappa shape index (κ2) is 22.3. The lowest BCUT2D eigenvalue weighted by Gasteiger charge is -2.07. The minimum absolute atomic E-state index is 0.711. The van der Waals surface area contributed by atoms with Gasteiger partial charge in [0.2, 0.25) is 0 Å². The lowest BCUT2D eigenvalue weighted by molar-refractivity contribution is 0.629. The van der Waals surface area contributed by atoms with Gasteiger partial charge >= 0.3 is 0 Å². The van der Waals surface area contributed by atoms with Gasteiger partial charge in [0.1, 0.15) is 0 Å². The van der Waals surface area contributed by atoms with E-state index < -0.39 is 0 Å². The summed E-state index contributed by atoms with van der Waals surface area (Å²) < 4.78 is 0. The monoisotopic (exact) mass is 575 g/mol. The standard InChI is InChI=1S/C8H11N.C6H8N2.C6H10N2.C6H8N2.C3H6N4.C2H6/c1-7-3-4-8(2)9-6-5-7;1-5-3-8-6(2)4-7-5;1-5-3-7-6(2)8-4-5;1-5-3-4-6(2)8-7-5;1-3-4-6-7(2)5-3;1-2/h3-4,6H,5H2,1-2H3;3-4H,1-2H3;3H,4H2,1-2H3,(H,7,8);3-4H,1-2H3;1-2H3;1-2H3. The first-order valence-corrected chi connectivity index (χ1v) is 14.0. The molecule has 11 nitrogen and oxygen atoms in total. The fourth-order valence-electron chi connectivity index (χ4n) is 2.57. The summed E-state index contributed by atoms with van der Waals surface area (Å²) in [4.78, 5) is 17.8. The van der Waals surface area contributed by atoms with E-state index in [1.54, 1.807) is 26.4 Å². The molecule has 0 fully saturated rings. The Morgan fingerprint density at radius 1 is 0.714 bits per heavy atom. The zero-order valence-electron chi connectivity index (χ0n) is 27.5. The van der Waals surface area contributed by atoms with Gasteiger partial charge in [0, 0.05) is 36.9 Å². The maximum atomic E-state index is 4.16. The van der Waals surface area contributed by atoms with Crippen molar-refractivity contribution in [2.24, 2.45) is 17.0 Å². The largest absolute Gasteiger partial charge is 0.351 e. The van der Waals surface area contributed by atoms with Gasteiger partial charge in [-0.1, -0.05) is 25.5 Å². The average Bonchev–Trinajstić information content (AvgIpc) is 3.26. The van der Waals surface area contributed by atoms with Crippen molar-refractivity contribution in [1.82, 2.24) is 45.7 Å². The number of aliphatic imine (C=N–C) groups is 2. The Morgan fingerprint density at radius 3 is 1.64 bits per heavy atom. The van der Waals surface area contributed by atoms with Gasteiger partial charge in [0.25, 0.3) is 0 Å². The van der Waals surface area contributed by atoms with Gasteiger partial charge in [-0.05, 0) is 91.3 Å². The summed E-state index contributed by atoms with van der Waals surface area (Å²) in [7, 11) is 1.74. The van der Waals surface area contributed by atoms with Crippen LogP contribution in [0.4, 0.5) is 0 Å². The van der Waals surface area contributed by atoms with Crippen molar-refractivity contribution < 1.29 is 0 Å². The molecule has 0 radical (unpaired) electrons. The predicted molar refractivity (Wildman–Crippen MR) is 173 cm³/mol. The maximum absolute atomic E-state index is 4.16. The highest BCUT2D eigenvalue weighted by Gasteiger charge is 1.94. The molecule has 3 aromatic heterocycles. The fourth-order valence-corrected chi connectivity index (χ4v) is 2.57.